The molecule has 4 nitrogen and oxygen atoms in total. The normalized spacial score (nSPS) is 34.1. The van der Waals surface area contributed by atoms with E-state index in [0.717, 1.165) is 43.4 Å². The van der Waals surface area contributed by atoms with Gasteiger partial charge < -0.3 is 5.11 Å². The summed E-state index contributed by atoms with van der Waals surface area (Å²) in [7, 11) is -1.04. The van der Waals surface area contributed by atoms with E-state index in [4.69, 9.17) is 0 Å². The minimum Gasteiger partial charge on any atom is -0.384 e. The molecule has 0 radical (unpaired) electrons. The van der Waals surface area contributed by atoms with Crippen LogP contribution in [0, 0.1) is 34.5 Å². The van der Waals surface area contributed by atoms with E-state index in [9.17, 15) is 18.9 Å². The number of benzene rings is 1. The molecule has 5 heteroatoms. The Morgan fingerprint density at radius 2 is 1.92 bits per heavy atom. The fourth-order valence-corrected chi connectivity index (χ4v) is 8.62. The number of Topliss-reactive ketones (excluding diaryl/α,β-unsaturated/α-hetero) is 1. The zero-order valence-corrected chi connectivity index (χ0v) is 22.4. The number of aliphatic hydroxyl groups is 1. The van der Waals surface area contributed by atoms with E-state index < -0.39 is 16.2 Å². The highest BCUT2D eigenvalue weighted by Crippen LogP contribution is 2.69. The Morgan fingerprint density at radius 1 is 1.17 bits per heavy atom. The van der Waals surface area contributed by atoms with Gasteiger partial charge in [-0.05, 0) is 90.7 Å². The van der Waals surface area contributed by atoms with Crippen molar-refractivity contribution in [1.29, 1.82) is 0 Å². The minimum absolute atomic E-state index is 0.126. The first-order valence-corrected chi connectivity index (χ1v) is 14.9. The number of aliphatic hydroxyl groups excluding tert-OH is 1. The molecule has 0 aliphatic heterocycles. The standard InChI is InChI=1S/C31H36O4S/c1-4-28(34)31(15-5-17-32)16-14-27-25-12-8-21-18-22(33)9-13-24(21)29(25)26(19-30(27,31)2)20-6-10-23(11-7-20)36(3)35/h6-7,10-11,18,25-27,32H,4,8-9,12-14,16-17,19H2,1-3H3/t25-,26+,27-,30-,31-,36?/m0/s1. The molecule has 5 rings (SSSR count). The molecule has 1 aromatic rings. The Hall–Kier alpha value is -2.29. The second-order valence-electron chi connectivity index (χ2n) is 11.2. The van der Waals surface area contributed by atoms with Gasteiger partial charge in [-0.2, -0.15) is 0 Å². The van der Waals surface area contributed by atoms with Crippen LogP contribution < -0.4 is 0 Å². The van der Waals surface area contributed by atoms with Gasteiger partial charge in [0, 0.05) is 40.7 Å². The molecular formula is C31H36O4S. The third-order valence-electron chi connectivity index (χ3n) is 9.72. The Morgan fingerprint density at radius 3 is 2.58 bits per heavy atom. The molecule has 1 unspecified atom stereocenters. The molecule has 1 aromatic carbocycles. The zero-order valence-electron chi connectivity index (χ0n) is 21.6. The maximum atomic E-state index is 13.6. The van der Waals surface area contributed by atoms with Gasteiger partial charge in [-0.1, -0.05) is 43.4 Å². The van der Waals surface area contributed by atoms with Crippen LogP contribution in [0.25, 0.3) is 0 Å². The van der Waals surface area contributed by atoms with Crippen molar-refractivity contribution in [2.24, 2.45) is 22.7 Å². The highest BCUT2D eigenvalue weighted by atomic mass is 32.2. The topological polar surface area (TPSA) is 71.4 Å². The summed E-state index contributed by atoms with van der Waals surface area (Å²) in [6.07, 6.45) is 9.82. The van der Waals surface area contributed by atoms with Crippen LogP contribution in [0.4, 0.5) is 0 Å². The SMILES string of the molecule is CCC(=O)[C@]1(C#CCO)CC[C@H]2[C@@H]3CCC4=CC(=O)CCC4=C3[C@@H](c3ccc(S(C)=O)cc3)C[C@@]21C. The highest BCUT2D eigenvalue weighted by molar-refractivity contribution is 7.84. The van der Waals surface area contributed by atoms with E-state index in [1.54, 1.807) is 6.26 Å². The van der Waals surface area contributed by atoms with Crippen LogP contribution in [-0.2, 0) is 20.4 Å². The van der Waals surface area contributed by atoms with Crippen molar-refractivity contribution in [1.82, 2.24) is 0 Å². The zero-order chi connectivity index (χ0) is 25.7. The van der Waals surface area contributed by atoms with Crippen molar-refractivity contribution in [3.8, 4) is 11.8 Å². The average Bonchev–Trinajstić information content (AvgIpc) is 3.18. The van der Waals surface area contributed by atoms with Gasteiger partial charge in [0.15, 0.2) is 11.6 Å². The quantitative estimate of drug-likeness (QED) is 0.566. The summed E-state index contributed by atoms with van der Waals surface area (Å²) >= 11 is 0. The number of carbonyl (C=O) groups is 2. The van der Waals surface area contributed by atoms with Gasteiger partial charge in [0.2, 0.25) is 0 Å². The molecule has 4 aliphatic carbocycles. The van der Waals surface area contributed by atoms with E-state index in [2.05, 4.69) is 30.9 Å². The van der Waals surface area contributed by atoms with Crippen LogP contribution in [-0.4, -0.2) is 33.7 Å². The van der Waals surface area contributed by atoms with Gasteiger partial charge in [0.05, 0.1) is 5.41 Å². The first-order chi connectivity index (χ1) is 17.3. The van der Waals surface area contributed by atoms with E-state index in [-0.39, 0.29) is 29.5 Å². The molecule has 0 bridgehead atoms. The molecule has 0 spiro atoms. The summed E-state index contributed by atoms with van der Waals surface area (Å²) in [5.74, 6) is 7.48. The lowest BCUT2D eigenvalue weighted by Gasteiger charge is -2.54. The molecule has 190 valence electrons. The predicted molar refractivity (Wildman–Crippen MR) is 142 cm³/mol. The minimum atomic E-state index is -1.04. The van der Waals surface area contributed by atoms with Crippen molar-refractivity contribution >= 4 is 22.4 Å². The van der Waals surface area contributed by atoms with Crippen LogP contribution in [0.5, 0.6) is 0 Å². The first-order valence-electron chi connectivity index (χ1n) is 13.3. The van der Waals surface area contributed by atoms with Crippen molar-refractivity contribution < 1.29 is 18.9 Å². The second-order valence-corrected chi connectivity index (χ2v) is 12.6. The molecule has 4 aliphatic rings. The van der Waals surface area contributed by atoms with Crippen molar-refractivity contribution in [2.45, 2.75) is 76.0 Å². The highest BCUT2D eigenvalue weighted by Gasteiger charge is 2.65. The van der Waals surface area contributed by atoms with Crippen LogP contribution in [0.3, 0.4) is 0 Å². The van der Waals surface area contributed by atoms with Gasteiger partial charge in [-0.3, -0.25) is 13.8 Å². The number of ketones is 2. The summed E-state index contributed by atoms with van der Waals surface area (Å²) in [6, 6.07) is 8.15. The Balaban J connectivity index is 1.70. The molecule has 0 saturated heterocycles. The largest absolute Gasteiger partial charge is 0.384 e. The van der Waals surface area contributed by atoms with Gasteiger partial charge in [-0.25, -0.2) is 0 Å². The average molecular weight is 505 g/mol. The smallest absolute Gasteiger partial charge is 0.156 e. The maximum absolute atomic E-state index is 13.6. The lowest BCUT2D eigenvalue weighted by molar-refractivity contribution is -0.132. The molecule has 36 heavy (non-hydrogen) atoms. The Bertz CT molecular complexity index is 1240. The third kappa shape index (κ3) is 3.80. The molecule has 0 heterocycles. The van der Waals surface area contributed by atoms with Gasteiger partial charge >= 0.3 is 0 Å². The van der Waals surface area contributed by atoms with E-state index >= 15 is 0 Å². The summed E-state index contributed by atoms with van der Waals surface area (Å²) in [4.78, 5) is 26.7. The predicted octanol–water partition coefficient (Wildman–Crippen LogP) is 5.28. The third-order valence-corrected chi connectivity index (χ3v) is 10.7. The monoisotopic (exact) mass is 504 g/mol. The van der Waals surface area contributed by atoms with E-state index in [1.807, 2.05) is 25.1 Å². The maximum Gasteiger partial charge on any atom is 0.156 e. The van der Waals surface area contributed by atoms with Gasteiger partial charge in [0.25, 0.3) is 0 Å². The Kier molecular flexibility index (Phi) is 6.72. The second kappa shape index (κ2) is 9.54. The van der Waals surface area contributed by atoms with Crippen molar-refractivity contribution in [2.75, 3.05) is 12.9 Å². The van der Waals surface area contributed by atoms with Crippen LogP contribution in [0.2, 0.25) is 0 Å². The lowest BCUT2D eigenvalue weighted by atomic mass is 9.48. The van der Waals surface area contributed by atoms with Crippen LogP contribution >= 0.6 is 0 Å². The fraction of sp³-hybridized carbons (Fsp3) is 0.548. The van der Waals surface area contributed by atoms with E-state index in [0.29, 0.717) is 24.7 Å². The van der Waals surface area contributed by atoms with Crippen molar-refractivity contribution in [3.05, 3.63) is 52.6 Å². The molecular weight excluding hydrogens is 468 g/mol. The summed E-state index contributed by atoms with van der Waals surface area (Å²) in [5.41, 5.74) is 4.21. The molecule has 1 N–H and O–H groups in total. The summed E-state index contributed by atoms with van der Waals surface area (Å²) in [6.45, 7) is 3.97. The van der Waals surface area contributed by atoms with Gasteiger partial charge in [0.1, 0.15) is 6.61 Å². The number of carbonyl (C=O) groups excluding carboxylic acids is 2. The van der Waals surface area contributed by atoms with Gasteiger partial charge in [-0.15, -0.1) is 0 Å². The number of hydrogen-bond donors (Lipinski definition) is 1. The summed E-state index contributed by atoms with van der Waals surface area (Å²) in [5, 5.41) is 9.56. The molecule has 6 atom stereocenters. The number of allylic oxidation sites excluding steroid dienone is 4. The number of fused-ring (bicyclic) bond motifs is 4. The molecule has 0 amide bonds. The number of rotatable bonds is 4. The number of hydrogen-bond acceptors (Lipinski definition) is 4. The fourth-order valence-electron chi connectivity index (χ4n) is 8.10. The van der Waals surface area contributed by atoms with Crippen LogP contribution in [0.1, 0.15) is 76.7 Å². The molecule has 0 aromatic heterocycles. The lowest BCUT2D eigenvalue weighted by Crippen LogP contribution is -2.50. The van der Waals surface area contributed by atoms with Crippen LogP contribution in [0.15, 0.2) is 52.0 Å². The molecule has 2 fully saturated rings. The van der Waals surface area contributed by atoms with Crippen molar-refractivity contribution in [3.63, 3.8) is 0 Å². The molecule has 2 saturated carbocycles. The Labute approximate surface area is 217 Å². The first kappa shape index (κ1) is 25.4. The summed E-state index contributed by atoms with van der Waals surface area (Å²) < 4.78 is 12.1. The van der Waals surface area contributed by atoms with E-state index in [1.165, 1.54) is 22.3 Å².